The molecule has 0 fully saturated rings. The van der Waals surface area contributed by atoms with Crippen molar-refractivity contribution < 1.29 is 0 Å². The quantitative estimate of drug-likeness (QED) is 0.593. The minimum absolute atomic E-state index is 1.29. The third-order valence-corrected chi connectivity index (χ3v) is 3.51. The Morgan fingerprint density at radius 1 is 0.667 bits per heavy atom. The second-order valence-corrected chi connectivity index (χ2v) is 4.67. The monoisotopic (exact) mass is 288 g/mol. The van der Waals surface area contributed by atoms with Gasteiger partial charge in [-0.3, -0.25) is 0 Å². The van der Waals surface area contributed by atoms with Gasteiger partial charge in [-0.15, -0.1) is 0 Å². The molecule has 2 rings (SSSR count). The van der Waals surface area contributed by atoms with Gasteiger partial charge in [0, 0.05) is 0 Å². The van der Waals surface area contributed by atoms with Gasteiger partial charge in [-0.25, -0.2) is 0 Å². The Morgan fingerprint density at radius 3 is 1.50 bits per heavy atom. The molecule has 0 atom stereocenters. The van der Waals surface area contributed by atoms with E-state index in [1.54, 1.807) is 0 Å². The first-order valence-electron chi connectivity index (χ1n) is 3.69. The number of hydrogen-bond donors (Lipinski definition) is 0. The van der Waals surface area contributed by atoms with Gasteiger partial charge in [-0.05, 0) is 0 Å². The first-order valence-corrected chi connectivity index (χ1v) is 5.56. The van der Waals surface area contributed by atoms with Crippen LogP contribution in [0.3, 0.4) is 0 Å². The van der Waals surface area contributed by atoms with Crippen molar-refractivity contribution in [3.63, 3.8) is 0 Å². The zero-order chi connectivity index (χ0) is 8.55. The summed E-state index contributed by atoms with van der Waals surface area (Å²) in [7, 11) is 0. The predicted molar refractivity (Wildman–Crippen MR) is 57.5 cm³/mol. The summed E-state index contributed by atoms with van der Waals surface area (Å²) in [5, 5.41) is 2.66. The molecule has 12 heavy (non-hydrogen) atoms. The number of benzene rings is 2. The van der Waals surface area contributed by atoms with Gasteiger partial charge in [-0.2, -0.15) is 0 Å². The summed E-state index contributed by atoms with van der Waals surface area (Å²) in [6.45, 7) is 0. The predicted octanol–water partition coefficient (Wildman–Crippen LogP) is -0.108. The summed E-state index contributed by atoms with van der Waals surface area (Å²) in [6.07, 6.45) is 0. The molecule has 0 unspecified atom stereocenters. The second-order valence-electron chi connectivity index (χ2n) is 2.65. The van der Waals surface area contributed by atoms with E-state index in [1.807, 2.05) is 0 Å². The zero-order valence-corrected chi connectivity index (χ0v) is 10.1. The van der Waals surface area contributed by atoms with E-state index >= 15 is 0 Å². The van der Waals surface area contributed by atoms with Crippen LogP contribution in [0.1, 0.15) is 0 Å². The van der Waals surface area contributed by atoms with E-state index < -0.39 is 0 Å². The van der Waals surface area contributed by atoms with Crippen LogP contribution in [0.15, 0.2) is 36.4 Å². The molecule has 60 valence electrons. The van der Waals surface area contributed by atoms with Crippen LogP contribution >= 0.6 is 0 Å². The van der Waals surface area contributed by atoms with Gasteiger partial charge in [0.1, 0.15) is 0 Å². The Labute approximate surface area is 88.0 Å². The molecule has 0 aliphatic rings. The molecule has 0 heterocycles. The fourth-order valence-corrected chi connectivity index (χ4v) is 2.46. The van der Waals surface area contributed by atoms with Crippen LogP contribution in [-0.2, 0) is 0 Å². The molecule has 0 bridgehead atoms. The first-order chi connectivity index (χ1) is 5.79. The molecule has 2 aromatic carbocycles. The number of fused-ring (bicyclic) bond motifs is 1. The average molecular weight is 286 g/mol. The van der Waals surface area contributed by atoms with E-state index in [4.69, 9.17) is 0 Å². The van der Waals surface area contributed by atoms with Gasteiger partial charge >= 0.3 is 88.1 Å². The molecule has 0 spiro atoms. The van der Waals surface area contributed by atoms with E-state index in [-0.39, 0.29) is 0 Å². The van der Waals surface area contributed by atoms with Gasteiger partial charge in [0.15, 0.2) is 0 Å². The zero-order valence-electron chi connectivity index (χ0n) is 6.36. The van der Waals surface area contributed by atoms with Gasteiger partial charge in [0.05, 0.1) is 0 Å². The Kier molecular flexibility index (Phi) is 2.25. The molecule has 0 radical (unpaired) electrons. The van der Waals surface area contributed by atoms with Crippen molar-refractivity contribution in [1.29, 1.82) is 0 Å². The molecule has 0 aliphatic carbocycles. The minimum atomic E-state index is 1.29. The maximum atomic E-state index is 2.61. The SMILES string of the molecule is [SeH]c1cccc2c([SeH])cccc12. The average Bonchev–Trinajstić information content (AvgIpc) is 2.07. The van der Waals surface area contributed by atoms with Crippen molar-refractivity contribution in [2.45, 2.75) is 0 Å². The summed E-state index contributed by atoms with van der Waals surface area (Å²) in [4.78, 5) is 0. The Morgan fingerprint density at radius 2 is 1.08 bits per heavy atom. The van der Waals surface area contributed by atoms with Crippen LogP contribution in [0, 0.1) is 0 Å². The maximum absolute atomic E-state index is 2.61. The van der Waals surface area contributed by atoms with Gasteiger partial charge in [0.25, 0.3) is 0 Å². The van der Waals surface area contributed by atoms with E-state index in [2.05, 4.69) is 68.4 Å². The first kappa shape index (κ1) is 8.34. The summed E-state index contributed by atoms with van der Waals surface area (Å²) >= 11 is 5.21. The van der Waals surface area contributed by atoms with E-state index in [0.29, 0.717) is 0 Å². The molecule has 2 heteroatoms. The molecule has 0 N–H and O–H groups in total. The van der Waals surface area contributed by atoms with Crippen LogP contribution in [-0.4, -0.2) is 32.0 Å². The summed E-state index contributed by atoms with van der Waals surface area (Å²) in [5.41, 5.74) is 0. The fraction of sp³-hybridized carbons (Fsp3) is 0. The van der Waals surface area contributed by atoms with Gasteiger partial charge in [-0.1, -0.05) is 0 Å². The molecule has 0 aromatic heterocycles. The third-order valence-electron chi connectivity index (χ3n) is 1.88. The molecule has 0 saturated carbocycles. The molecular formula is C10H8Se2. The molecule has 0 saturated heterocycles. The van der Waals surface area contributed by atoms with Crippen LogP contribution in [0.5, 0.6) is 0 Å². The van der Waals surface area contributed by atoms with Crippen molar-refractivity contribution in [1.82, 2.24) is 0 Å². The van der Waals surface area contributed by atoms with Crippen molar-refractivity contribution in [3.8, 4) is 0 Å². The van der Waals surface area contributed by atoms with Crippen molar-refractivity contribution >= 4 is 51.7 Å². The Balaban J connectivity index is 2.94. The standard InChI is InChI=1S/C10H8Se2/c11-9-5-1-3-7-8(9)4-2-6-10(7)12/h1-6,11-12H. The molecule has 2 aromatic rings. The number of rotatable bonds is 0. The summed E-state index contributed by atoms with van der Waals surface area (Å²) in [6, 6.07) is 12.7. The summed E-state index contributed by atoms with van der Waals surface area (Å²) in [5.74, 6) is 0. The van der Waals surface area contributed by atoms with Crippen LogP contribution < -0.4 is 8.92 Å². The van der Waals surface area contributed by atoms with Crippen LogP contribution in [0.2, 0.25) is 0 Å². The van der Waals surface area contributed by atoms with Crippen LogP contribution in [0.4, 0.5) is 0 Å². The van der Waals surface area contributed by atoms with Crippen LogP contribution in [0.25, 0.3) is 10.8 Å². The molecular weight excluding hydrogens is 278 g/mol. The van der Waals surface area contributed by atoms with Crippen molar-refractivity contribution in [2.24, 2.45) is 0 Å². The normalized spacial score (nSPS) is 10.5. The van der Waals surface area contributed by atoms with E-state index in [0.717, 1.165) is 0 Å². The second kappa shape index (κ2) is 3.24. The topological polar surface area (TPSA) is 0 Å². The van der Waals surface area contributed by atoms with E-state index in [1.165, 1.54) is 19.7 Å². The van der Waals surface area contributed by atoms with Crippen molar-refractivity contribution in [2.75, 3.05) is 0 Å². The Bertz CT molecular complexity index is 380. The molecule has 0 amide bonds. The Hall–Kier alpha value is -0.261. The number of hydrogen-bond acceptors (Lipinski definition) is 0. The van der Waals surface area contributed by atoms with Crippen molar-refractivity contribution in [3.05, 3.63) is 36.4 Å². The fourth-order valence-electron chi connectivity index (χ4n) is 1.28. The van der Waals surface area contributed by atoms with Gasteiger partial charge in [0.2, 0.25) is 0 Å². The van der Waals surface area contributed by atoms with Gasteiger partial charge < -0.3 is 0 Å². The summed E-state index contributed by atoms with van der Waals surface area (Å²) < 4.78 is 2.57. The molecule has 0 nitrogen and oxygen atoms in total. The molecule has 0 aliphatic heterocycles. The third kappa shape index (κ3) is 1.32. The van der Waals surface area contributed by atoms with E-state index in [9.17, 15) is 0 Å².